The van der Waals surface area contributed by atoms with Crippen LogP contribution in [0, 0.1) is 13.8 Å². The second-order valence-corrected chi connectivity index (χ2v) is 5.47. The number of carbonyl (C=O) groups is 1. The molecule has 2 rings (SSSR count). The number of benzene rings is 2. The minimum absolute atomic E-state index is 0.111. The van der Waals surface area contributed by atoms with E-state index in [1.54, 1.807) is 19.2 Å². The van der Waals surface area contributed by atoms with E-state index in [0.29, 0.717) is 29.4 Å². The van der Waals surface area contributed by atoms with Crippen molar-refractivity contribution >= 4 is 5.78 Å². The van der Waals surface area contributed by atoms with E-state index in [1.807, 2.05) is 6.07 Å². The van der Waals surface area contributed by atoms with Gasteiger partial charge in [-0.25, -0.2) is 0 Å². The zero-order chi connectivity index (χ0) is 17.0. The van der Waals surface area contributed by atoms with Gasteiger partial charge in [-0.05, 0) is 37.5 Å². The second kappa shape index (κ2) is 7.18. The topological polar surface area (TPSA) is 44.8 Å². The van der Waals surface area contributed by atoms with Crippen LogP contribution in [0.5, 0.6) is 17.2 Å². The molecule has 0 aliphatic heterocycles. The first kappa shape index (κ1) is 16.9. The van der Waals surface area contributed by atoms with Crippen LogP contribution in [0.1, 0.15) is 34.0 Å². The van der Waals surface area contributed by atoms with Crippen molar-refractivity contribution in [3.63, 3.8) is 0 Å². The first-order chi connectivity index (χ1) is 11.0. The minimum Gasteiger partial charge on any atom is -0.496 e. The van der Waals surface area contributed by atoms with E-state index in [9.17, 15) is 4.79 Å². The third-order valence-corrected chi connectivity index (χ3v) is 3.81. The molecule has 2 aromatic carbocycles. The monoisotopic (exact) mass is 314 g/mol. The molecule has 0 atom stereocenters. The molecule has 4 nitrogen and oxygen atoms in total. The molecule has 0 bridgehead atoms. The molecule has 4 heteroatoms. The van der Waals surface area contributed by atoms with E-state index in [0.717, 1.165) is 5.56 Å². The van der Waals surface area contributed by atoms with Crippen LogP contribution in [0.4, 0.5) is 0 Å². The zero-order valence-corrected chi connectivity index (χ0v) is 14.2. The van der Waals surface area contributed by atoms with E-state index in [2.05, 4.69) is 26.0 Å². The van der Waals surface area contributed by atoms with Crippen LogP contribution < -0.4 is 14.2 Å². The maximum atomic E-state index is 12.0. The largest absolute Gasteiger partial charge is 0.496 e. The highest BCUT2D eigenvalue weighted by Gasteiger charge is 2.17. The number of hydrogen-bond acceptors (Lipinski definition) is 4. The van der Waals surface area contributed by atoms with Crippen molar-refractivity contribution in [1.29, 1.82) is 0 Å². The predicted molar refractivity (Wildman–Crippen MR) is 89.8 cm³/mol. The van der Waals surface area contributed by atoms with Crippen LogP contribution in [-0.4, -0.2) is 20.0 Å². The summed E-state index contributed by atoms with van der Waals surface area (Å²) in [6, 6.07) is 9.55. The number of ether oxygens (including phenoxy) is 3. The number of methoxy groups -OCH3 is 2. The highest BCUT2D eigenvalue weighted by molar-refractivity contribution is 6.00. The molecule has 0 fully saturated rings. The van der Waals surface area contributed by atoms with Crippen molar-refractivity contribution in [2.24, 2.45) is 0 Å². The Balaban J connectivity index is 2.33. The van der Waals surface area contributed by atoms with Crippen LogP contribution in [-0.2, 0) is 6.61 Å². The van der Waals surface area contributed by atoms with Crippen molar-refractivity contribution in [2.45, 2.75) is 27.4 Å². The quantitative estimate of drug-likeness (QED) is 0.753. The number of carbonyl (C=O) groups excluding carboxylic acids is 1. The van der Waals surface area contributed by atoms with E-state index in [4.69, 9.17) is 14.2 Å². The van der Waals surface area contributed by atoms with Gasteiger partial charge >= 0.3 is 0 Å². The Labute approximate surface area is 137 Å². The highest BCUT2D eigenvalue weighted by atomic mass is 16.5. The van der Waals surface area contributed by atoms with E-state index in [-0.39, 0.29) is 5.78 Å². The maximum absolute atomic E-state index is 12.0. The van der Waals surface area contributed by atoms with Crippen LogP contribution in [0.2, 0.25) is 0 Å². The summed E-state index contributed by atoms with van der Waals surface area (Å²) in [4.78, 5) is 12.0. The summed E-state index contributed by atoms with van der Waals surface area (Å²) in [6.45, 7) is 6.00. The normalized spacial score (nSPS) is 10.3. The Morgan fingerprint density at radius 3 is 2.22 bits per heavy atom. The fourth-order valence-electron chi connectivity index (χ4n) is 2.36. The first-order valence-corrected chi connectivity index (χ1v) is 7.42. The molecule has 0 N–H and O–H groups in total. The summed E-state index contributed by atoms with van der Waals surface area (Å²) in [5, 5.41) is 0. The summed E-state index contributed by atoms with van der Waals surface area (Å²) in [5.41, 5.74) is 3.92. The molecule has 0 aliphatic carbocycles. The lowest BCUT2D eigenvalue weighted by Crippen LogP contribution is -2.05. The summed E-state index contributed by atoms with van der Waals surface area (Å²) in [6.07, 6.45) is 0. The van der Waals surface area contributed by atoms with E-state index >= 15 is 0 Å². The Morgan fingerprint density at radius 1 is 0.957 bits per heavy atom. The third-order valence-electron chi connectivity index (χ3n) is 3.81. The summed E-state index contributed by atoms with van der Waals surface area (Å²) < 4.78 is 16.4. The average Bonchev–Trinajstić information content (AvgIpc) is 2.54. The molecule has 0 radical (unpaired) electrons. The SMILES string of the molecule is COc1cc(OC)c(C(C)=O)c(OCc2ccc(C)c(C)c2)c1. The molecule has 0 unspecified atom stereocenters. The van der Waals surface area contributed by atoms with Gasteiger partial charge in [-0.3, -0.25) is 4.79 Å². The molecule has 122 valence electrons. The van der Waals surface area contributed by atoms with Gasteiger partial charge in [-0.2, -0.15) is 0 Å². The van der Waals surface area contributed by atoms with Crippen LogP contribution in [0.3, 0.4) is 0 Å². The molecule has 0 saturated heterocycles. The van der Waals surface area contributed by atoms with Crippen molar-refractivity contribution < 1.29 is 19.0 Å². The second-order valence-electron chi connectivity index (χ2n) is 5.47. The molecule has 0 aliphatic rings. The highest BCUT2D eigenvalue weighted by Crippen LogP contribution is 2.35. The van der Waals surface area contributed by atoms with E-state index in [1.165, 1.54) is 25.2 Å². The molecule has 0 heterocycles. The first-order valence-electron chi connectivity index (χ1n) is 7.42. The predicted octanol–water partition coefficient (Wildman–Crippen LogP) is 4.10. The summed E-state index contributed by atoms with van der Waals surface area (Å²) in [5.74, 6) is 1.39. The third kappa shape index (κ3) is 3.83. The molecule has 23 heavy (non-hydrogen) atoms. The maximum Gasteiger partial charge on any atom is 0.167 e. The summed E-state index contributed by atoms with van der Waals surface area (Å²) in [7, 11) is 3.09. The van der Waals surface area contributed by atoms with Gasteiger partial charge in [0.05, 0.1) is 14.2 Å². The Kier molecular flexibility index (Phi) is 5.27. The Hall–Kier alpha value is -2.49. The number of rotatable bonds is 6. The fourth-order valence-corrected chi connectivity index (χ4v) is 2.36. The number of ketones is 1. The van der Waals surface area contributed by atoms with Crippen LogP contribution in [0.25, 0.3) is 0 Å². The number of hydrogen-bond donors (Lipinski definition) is 0. The number of Topliss-reactive ketones (excluding diaryl/α,β-unsaturated/α-hetero) is 1. The molecule has 0 saturated carbocycles. The Morgan fingerprint density at radius 2 is 1.65 bits per heavy atom. The van der Waals surface area contributed by atoms with Gasteiger partial charge in [0.1, 0.15) is 29.4 Å². The molecule has 0 spiro atoms. The standard InChI is InChI=1S/C19H22O4/c1-12-6-7-15(8-13(12)2)11-23-18-10-16(21-4)9-17(22-5)19(18)14(3)20/h6-10H,11H2,1-5H3. The molecular weight excluding hydrogens is 292 g/mol. The molecule has 0 amide bonds. The van der Waals surface area contributed by atoms with Gasteiger partial charge in [0.25, 0.3) is 0 Å². The smallest absolute Gasteiger partial charge is 0.167 e. The lowest BCUT2D eigenvalue weighted by atomic mass is 10.1. The van der Waals surface area contributed by atoms with Gasteiger partial charge in [-0.1, -0.05) is 18.2 Å². The molecule has 2 aromatic rings. The van der Waals surface area contributed by atoms with Gasteiger partial charge in [0, 0.05) is 12.1 Å². The number of aryl methyl sites for hydroxylation is 2. The average molecular weight is 314 g/mol. The van der Waals surface area contributed by atoms with Crippen molar-refractivity contribution in [1.82, 2.24) is 0 Å². The van der Waals surface area contributed by atoms with Crippen molar-refractivity contribution in [2.75, 3.05) is 14.2 Å². The van der Waals surface area contributed by atoms with Gasteiger partial charge in [-0.15, -0.1) is 0 Å². The van der Waals surface area contributed by atoms with Gasteiger partial charge < -0.3 is 14.2 Å². The van der Waals surface area contributed by atoms with Gasteiger partial charge in [0.2, 0.25) is 0 Å². The lowest BCUT2D eigenvalue weighted by Gasteiger charge is -2.15. The van der Waals surface area contributed by atoms with Crippen LogP contribution in [0.15, 0.2) is 30.3 Å². The van der Waals surface area contributed by atoms with Crippen molar-refractivity contribution in [3.8, 4) is 17.2 Å². The van der Waals surface area contributed by atoms with Gasteiger partial charge in [0.15, 0.2) is 5.78 Å². The minimum atomic E-state index is -0.111. The fraction of sp³-hybridized carbons (Fsp3) is 0.316. The Bertz CT molecular complexity index is 720. The molecular formula is C19H22O4. The molecule has 0 aromatic heterocycles. The zero-order valence-electron chi connectivity index (χ0n) is 14.2. The van der Waals surface area contributed by atoms with Crippen molar-refractivity contribution in [3.05, 3.63) is 52.6 Å². The van der Waals surface area contributed by atoms with Crippen LogP contribution >= 0.6 is 0 Å². The lowest BCUT2D eigenvalue weighted by molar-refractivity contribution is 0.101. The summed E-state index contributed by atoms with van der Waals surface area (Å²) >= 11 is 0. The van der Waals surface area contributed by atoms with E-state index < -0.39 is 0 Å².